The first kappa shape index (κ1) is 17.3. The molecule has 2 amide bonds. The van der Waals surface area contributed by atoms with Crippen molar-refractivity contribution in [3.63, 3.8) is 0 Å². The van der Waals surface area contributed by atoms with Gasteiger partial charge in [-0.25, -0.2) is 0 Å². The Bertz CT molecular complexity index is 941. The van der Waals surface area contributed by atoms with Gasteiger partial charge in [0.25, 0.3) is 11.8 Å². The summed E-state index contributed by atoms with van der Waals surface area (Å²) in [6, 6.07) is 17.8. The van der Waals surface area contributed by atoms with Crippen LogP contribution in [-0.4, -0.2) is 26.0 Å². The van der Waals surface area contributed by atoms with Gasteiger partial charge in [0.05, 0.1) is 14.2 Å². The monoisotopic (exact) mass is 350 g/mol. The van der Waals surface area contributed by atoms with E-state index in [2.05, 4.69) is 10.9 Å². The summed E-state index contributed by atoms with van der Waals surface area (Å²) < 4.78 is 10.3. The number of benzene rings is 3. The molecule has 3 rings (SSSR count). The van der Waals surface area contributed by atoms with E-state index in [1.54, 1.807) is 30.3 Å². The fourth-order valence-corrected chi connectivity index (χ4v) is 2.61. The van der Waals surface area contributed by atoms with E-state index in [0.29, 0.717) is 22.6 Å². The minimum Gasteiger partial charge on any atom is -0.497 e. The summed E-state index contributed by atoms with van der Waals surface area (Å²) in [7, 11) is 3.00. The Morgan fingerprint density at radius 1 is 0.769 bits per heavy atom. The number of rotatable bonds is 4. The summed E-state index contributed by atoms with van der Waals surface area (Å²) >= 11 is 0. The number of fused-ring (bicyclic) bond motifs is 1. The molecule has 0 bridgehead atoms. The first-order valence-electron chi connectivity index (χ1n) is 7.94. The standard InChI is InChI=1S/C20H18N2O4/c1-25-15-10-14(11-16(12-15)26-2)19(23)21-22-20(24)18-9-5-7-13-6-3-4-8-17(13)18/h3-12H,1-2H3,(H,21,23)(H,22,24). The second kappa shape index (κ2) is 7.57. The zero-order valence-electron chi connectivity index (χ0n) is 14.4. The quantitative estimate of drug-likeness (QED) is 0.710. The topological polar surface area (TPSA) is 76.7 Å². The van der Waals surface area contributed by atoms with Crippen LogP contribution in [0.15, 0.2) is 60.7 Å². The van der Waals surface area contributed by atoms with E-state index in [4.69, 9.17) is 9.47 Å². The summed E-state index contributed by atoms with van der Waals surface area (Å²) in [6.07, 6.45) is 0. The second-order valence-electron chi connectivity index (χ2n) is 5.54. The Morgan fingerprint density at radius 2 is 1.38 bits per heavy atom. The van der Waals surface area contributed by atoms with Crippen molar-refractivity contribution in [1.29, 1.82) is 0 Å². The lowest BCUT2D eigenvalue weighted by Crippen LogP contribution is -2.41. The van der Waals surface area contributed by atoms with E-state index >= 15 is 0 Å². The van der Waals surface area contributed by atoms with E-state index in [-0.39, 0.29) is 0 Å². The van der Waals surface area contributed by atoms with Gasteiger partial charge in [-0.05, 0) is 29.0 Å². The van der Waals surface area contributed by atoms with Crippen LogP contribution in [-0.2, 0) is 0 Å². The second-order valence-corrected chi connectivity index (χ2v) is 5.54. The predicted molar refractivity (Wildman–Crippen MR) is 98.4 cm³/mol. The average molecular weight is 350 g/mol. The highest BCUT2D eigenvalue weighted by Gasteiger charge is 2.13. The first-order chi connectivity index (χ1) is 12.6. The van der Waals surface area contributed by atoms with Gasteiger partial charge in [0.1, 0.15) is 11.5 Å². The highest BCUT2D eigenvalue weighted by Crippen LogP contribution is 2.22. The van der Waals surface area contributed by atoms with Crippen LogP contribution in [0.2, 0.25) is 0 Å². The van der Waals surface area contributed by atoms with Crippen LogP contribution in [0.25, 0.3) is 10.8 Å². The van der Waals surface area contributed by atoms with Crippen LogP contribution in [0.4, 0.5) is 0 Å². The maximum Gasteiger partial charge on any atom is 0.270 e. The Kier molecular flexibility index (Phi) is 5.03. The highest BCUT2D eigenvalue weighted by molar-refractivity contribution is 6.08. The van der Waals surface area contributed by atoms with Crippen LogP contribution in [0.5, 0.6) is 11.5 Å². The van der Waals surface area contributed by atoms with Crippen LogP contribution in [0.1, 0.15) is 20.7 Å². The van der Waals surface area contributed by atoms with Crippen molar-refractivity contribution in [3.05, 3.63) is 71.8 Å². The van der Waals surface area contributed by atoms with E-state index in [1.165, 1.54) is 14.2 Å². The molecule has 0 unspecified atom stereocenters. The molecule has 0 saturated heterocycles. The lowest BCUT2D eigenvalue weighted by atomic mass is 10.0. The number of hydrogen-bond acceptors (Lipinski definition) is 4. The molecule has 3 aromatic carbocycles. The molecule has 0 spiro atoms. The molecule has 0 aromatic heterocycles. The van der Waals surface area contributed by atoms with Crippen molar-refractivity contribution in [2.45, 2.75) is 0 Å². The molecule has 0 saturated carbocycles. The number of hydrogen-bond donors (Lipinski definition) is 2. The molecule has 6 nitrogen and oxygen atoms in total. The Balaban J connectivity index is 1.76. The number of nitrogens with one attached hydrogen (secondary N) is 2. The average Bonchev–Trinajstić information content (AvgIpc) is 2.70. The van der Waals surface area contributed by atoms with E-state index in [1.807, 2.05) is 30.3 Å². The van der Waals surface area contributed by atoms with Gasteiger partial charge in [0.2, 0.25) is 0 Å². The number of amides is 2. The summed E-state index contributed by atoms with van der Waals surface area (Å²) in [4.78, 5) is 24.8. The van der Waals surface area contributed by atoms with Crippen LogP contribution in [0.3, 0.4) is 0 Å². The molecule has 0 atom stereocenters. The van der Waals surface area contributed by atoms with E-state index in [0.717, 1.165) is 10.8 Å². The van der Waals surface area contributed by atoms with Gasteiger partial charge < -0.3 is 9.47 Å². The Morgan fingerprint density at radius 3 is 2.08 bits per heavy atom. The number of methoxy groups -OCH3 is 2. The third-order valence-electron chi connectivity index (χ3n) is 3.94. The molecular formula is C20H18N2O4. The zero-order chi connectivity index (χ0) is 18.5. The van der Waals surface area contributed by atoms with Gasteiger partial charge in [0, 0.05) is 17.2 Å². The van der Waals surface area contributed by atoms with E-state index < -0.39 is 11.8 Å². The number of ether oxygens (including phenoxy) is 2. The van der Waals surface area contributed by atoms with Crippen LogP contribution >= 0.6 is 0 Å². The molecule has 0 aliphatic heterocycles. The zero-order valence-corrected chi connectivity index (χ0v) is 14.4. The number of hydrazine groups is 1. The van der Waals surface area contributed by atoms with Crippen LogP contribution in [0, 0.1) is 0 Å². The molecule has 0 aliphatic rings. The lowest BCUT2D eigenvalue weighted by molar-refractivity contribution is 0.0847. The molecule has 0 aliphatic carbocycles. The fourth-order valence-electron chi connectivity index (χ4n) is 2.61. The summed E-state index contributed by atoms with van der Waals surface area (Å²) in [6.45, 7) is 0. The van der Waals surface area contributed by atoms with Gasteiger partial charge in [-0.15, -0.1) is 0 Å². The molecular weight excluding hydrogens is 332 g/mol. The summed E-state index contributed by atoms with van der Waals surface area (Å²) in [5.74, 6) is 0.0885. The molecule has 0 fully saturated rings. The van der Waals surface area contributed by atoms with Gasteiger partial charge >= 0.3 is 0 Å². The van der Waals surface area contributed by atoms with Gasteiger partial charge in [-0.1, -0.05) is 36.4 Å². The molecule has 6 heteroatoms. The maximum absolute atomic E-state index is 12.5. The maximum atomic E-state index is 12.5. The molecule has 0 radical (unpaired) electrons. The smallest absolute Gasteiger partial charge is 0.270 e. The molecule has 132 valence electrons. The van der Waals surface area contributed by atoms with Crippen molar-refractivity contribution in [3.8, 4) is 11.5 Å². The van der Waals surface area contributed by atoms with Gasteiger partial charge in [-0.3, -0.25) is 20.4 Å². The molecule has 3 aromatic rings. The van der Waals surface area contributed by atoms with Crippen molar-refractivity contribution in [2.24, 2.45) is 0 Å². The fraction of sp³-hybridized carbons (Fsp3) is 0.100. The third kappa shape index (κ3) is 3.59. The van der Waals surface area contributed by atoms with Crippen molar-refractivity contribution >= 4 is 22.6 Å². The number of carbonyl (C=O) groups excluding carboxylic acids is 2. The highest BCUT2D eigenvalue weighted by atomic mass is 16.5. The lowest BCUT2D eigenvalue weighted by Gasteiger charge is -2.11. The Hall–Kier alpha value is -3.54. The molecule has 0 heterocycles. The van der Waals surface area contributed by atoms with Crippen LogP contribution < -0.4 is 20.3 Å². The third-order valence-corrected chi connectivity index (χ3v) is 3.94. The Labute approximate surface area is 150 Å². The normalized spacial score (nSPS) is 10.2. The van der Waals surface area contributed by atoms with Gasteiger partial charge in [-0.2, -0.15) is 0 Å². The largest absolute Gasteiger partial charge is 0.497 e. The SMILES string of the molecule is COc1cc(OC)cc(C(=O)NNC(=O)c2cccc3ccccc23)c1. The summed E-state index contributed by atoms with van der Waals surface area (Å²) in [5.41, 5.74) is 5.64. The number of carbonyl (C=O) groups is 2. The summed E-state index contributed by atoms with van der Waals surface area (Å²) in [5, 5.41) is 1.76. The van der Waals surface area contributed by atoms with E-state index in [9.17, 15) is 9.59 Å². The minimum absolute atomic E-state index is 0.305. The van der Waals surface area contributed by atoms with Crippen molar-refractivity contribution in [2.75, 3.05) is 14.2 Å². The van der Waals surface area contributed by atoms with Crippen molar-refractivity contribution in [1.82, 2.24) is 10.9 Å². The molecule has 2 N–H and O–H groups in total. The minimum atomic E-state index is -0.476. The van der Waals surface area contributed by atoms with Gasteiger partial charge in [0.15, 0.2) is 0 Å². The van der Waals surface area contributed by atoms with Crippen molar-refractivity contribution < 1.29 is 19.1 Å². The molecule has 26 heavy (non-hydrogen) atoms. The predicted octanol–water partition coefficient (Wildman–Crippen LogP) is 2.93. The first-order valence-corrected chi connectivity index (χ1v) is 7.94.